The van der Waals surface area contributed by atoms with E-state index < -0.39 is 0 Å². The van der Waals surface area contributed by atoms with Crippen molar-refractivity contribution in [3.63, 3.8) is 0 Å². The fourth-order valence-electron chi connectivity index (χ4n) is 1.72. The van der Waals surface area contributed by atoms with E-state index >= 15 is 0 Å². The van der Waals surface area contributed by atoms with Gasteiger partial charge in [0.2, 0.25) is 5.75 Å². The molecule has 1 aromatic carbocycles. The zero-order valence-corrected chi connectivity index (χ0v) is 12.7. The van der Waals surface area contributed by atoms with Crippen LogP contribution in [0.2, 0.25) is 0 Å². The highest BCUT2D eigenvalue weighted by molar-refractivity contribution is 7.80. The first kappa shape index (κ1) is 15.8. The van der Waals surface area contributed by atoms with Crippen molar-refractivity contribution in [2.75, 3.05) is 33.7 Å². The minimum atomic E-state index is 0.576. The van der Waals surface area contributed by atoms with Crippen LogP contribution in [-0.2, 0) is 0 Å². The van der Waals surface area contributed by atoms with Crippen molar-refractivity contribution in [3.8, 4) is 23.0 Å². The Morgan fingerprint density at radius 1 is 0.895 bits per heavy atom. The normalized spacial score (nSPS) is 10.1. The van der Waals surface area contributed by atoms with Gasteiger partial charge in [0.05, 0.1) is 27.9 Å². The molecule has 0 aromatic heterocycles. The summed E-state index contributed by atoms with van der Waals surface area (Å²) in [5.74, 6) is 3.43. The quantitative estimate of drug-likeness (QED) is 0.559. The second-order valence-electron chi connectivity index (χ2n) is 3.99. The van der Waals surface area contributed by atoms with E-state index in [1.807, 2.05) is 0 Å². The van der Waals surface area contributed by atoms with Crippen LogP contribution in [0.1, 0.15) is 19.3 Å². The van der Waals surface area contributed by atoms with E-state index in [4.69, 9.17) is 18.9 Å². The molecule has 0 radical (unpaired) electrons. The zero-order chi connectivity index (χ0) is 14.1. The maximum Gasteiger partial charge on any atom is 0.203 e. The Bertz CT molecular complexity index is 357. The van der Waals surface area contributed by atoms with Crippen LogP contribution in [0, 0.1) is 0 Å². The SMILES string of the molecule is COc1cc(OCCCCCS)cc(OC)c1OC. The number of hydrogen-bond acceptors (Lipinski definition) is 5. The fourth-order valence-corrected chi connectivity index (χ4v) is 1.94. The monoisotopic (exact) mass is 286 g/mol. The fraction of sp³-hybridized carbons (Fsp3) is 0.571. The van der Waals surface area contributed by atoms with Crippen molar-refractivity contribution in [3.05, 3.63) is 12.1 Å². The molecular weight excluding hydrogens is 264 g/mol. The van der Waals surface area contributed by atoms with Gasteiger partial charge in [-0.25, -0.2) is 0 Å². The molecule has 0 N–H and O–H groups in total. The Morgan fingerprint density at radius 3 is 2.00 bits per heavy atom. The highest BCUT2D eigenvalue weighted by Gasteiger charge is 2.13. The lowest BCUT2D eigenvalue weighted by atomic mass is 10.2. The van der Waals surface area contributed by atoms with Gasteiger partial charge in [0, 0.05) is 12.1 Å². The van der Waals surface area contributed by atoms with Gasteiger partial charge in [-0.1, -0.05) is 0 Å². The highest BCUT2D eigenvalue weighted by atomic mass is 32.1. The lowest BCUT2D eigenvalue weighted by Gasteiger charge is -2.14. The number of methoxy groups -OCH3 is 3. The van der Waals surface area contributed by atoms with Gasteiger partial charge >= 0.3 is 0 Å². The second kappa shape index (κ2) is 8.80. The Kier molecular flexibility index (Phi) is 7.33. The second-order valence-corrected chi connectivity index (χ2v) is 4.44. The number of ether oxygens (including phenoxy) is 4. The molecule has 0 atom stereocenters. The van der Waals surface area contributed by atoms with Gasteiger partial charge in [-0.05, 0) is 25.0 Å². The maximum absolute atomic E-state index is 5.70. The first-order chi connectivity index (χ1) is 9.26. The maximum atomic E-state index is 5.70. The van der Waals surface area contributed by atoms with Gasteiger partial charge in [-0.3, -0.25) is 0 Å². The summed E-state index contributed by atoms with van der Waals surface area (Å²) in [5.41, 5.74) is 0. The Morgan fingerprint density at radius 2 is 1.53 bits per heavy atom. The van der Waals surface area contributed by atoms with Gasteiger partial charge in [0.1, 0.15) is 5.75 Å². The van der Waals surface area contributed by atoms with Crippen molar-refractivity contribution in [2.45, 2.75) is 19.3 Å². The number of hydrogen-bond donors (Lipinski definition) is 1. The summed E-state index contributed by atoms with van der Waals surface area (Å²) in [6.07, 6.45) is 3.24. The molecule has 0 saturated carbocycles. The van der Waals surface area contributed by atoms with Crippen molar-refractivity contribution in [1.29, 1.82) is 0 Å². The molecular formula is C14H22O4S. The molecule has 19 heavy (non-hydrogen) atoms. The number of benzene rings is 1. The summed E-state index contributed by atoms with van der Waals surface area (Å²) < 4.78 is 21.5. The zero-order valence-electron chi connectivity index (χ0n) is 11.8. The predicted octanol–water partition coefficient (Wildman–Crippen LogP) is 3.19. The molecule has 4 nitrogen and oxygen atoms in total. The standard InChI is InChI=1S/C14H22O4S/c1-15-12-9-11(18-7-5-4-6-8-19)10-13(16-2)14(12)17-3/h9-10,19H,4-8H2,1-3H3. The van der Waals surface area contributed by atoms with Crippen molar-refractivity contribution in [2.24, 2.45) is 0 Å². The molecule has 0 bridgehead atoms. The third-order valence-corrected chi connectivity index (χ3v) is 3.03. The average molecular weight is 286 g/mol. The van der Waals surface area contributed by atoms with Crippen LogP contribution in [-0.4, -0.2) is 33.7 Å². The first-order valence-electron chi connectivity index (χ1n) is 6.30. The smallest absolute Gasteiger partial charge is 0.203 e. The van der Waals surface area contributed by atoms with Crippen LogP contribution in [0.25, 0.3) is 0 Å². The van der Waals surface area contributed by atoms with Crippen LogP contribution in [0.5, 0.6) is 23.0 Å². The van der Waals surface area contributed by atoms with Gasteiger partial charge < -0.3 is 18.9 Å². The lowest BCUT2D eigenvalue weighted by Crippen LogP contribution is -2.00. The molecule has 1 rings (SSSR count). The molecule has 0 amide bonds. The summed E-state index contributed by atoms with van der Waals surface area (Å²) >= 11 is 4.18. The van der Waals surface area contributed by atoms with Gasteiger partial charge in [0.25, 0.3) is 0 Å². The minimum absolute atomic E-state index is 0.576. The van der Waals surface area contributed by atoms with Crippen LogP contribution in [0.4, 0.5) is 0 Å². The lowest BCUT2D eigenvalue weighted by molar-refractivity contribution is 0.292. The van der Waals surface area contributed by atoms with Crippen molar-refractivity contribution in [1.82, 2.24) is 0 Å². The van der Waals surface area contributed by atoms with Crippen LogP contribution < -0.4 is 18.9 Å². The van der Waals surface area contributed by atoms with Crippen molar-refractivity contribution >= 4 is 12.6 Å². The van der Waals surface area contributed by atoms with E-state index in [9.17, 15) is 0 Å². The molecule has 5 heteroatoms. The van der Waals surface area contributed by atoms with Crippen LogP contribution in [0.3, 0.4) is 0 Å². The van der Waals surface area contributed by atoms with E-state index in [1.165, 1.54) is 0 Å². The molecule has 0 spiro atoms. The molecule has 108 valence electrons. The van der Waals surface area contributed by atoms with E-state index in [1.54, 1.807) is 33.5 Å². The Labute approximate surface area is 120 Å². The first-order valence-corrected chi connectivity index (χ1v) is 6.93. The third-order valence-electron chi connectivity index (χ3n) is 2.71. The third kappa shape index (κ3) is 4.74. The van der Waals surface area contributed by atoms with E-state index in [-0.39, 0.29) is 0 Å². The topological polar surface area (TPSA) is 36.9 Å². The Hall–Kier alpha value is -1.23. The molecule has 0 aliphatic heterocycles. The number of unbranched alkanes of at least 4 members (excludes halogenated alkanes) is 2. The number of thiol groups is 1. The summed E-state index contributed by atoms with van der Waals surface area (Å²) in [7, 11) is 4.76. The molecule has 0 saturated heterocycles. The van der Waals surface area contributed by atoms with E-state index in [0.717, 1.165) is 30.8 Å². The van der Waals surface area contributed by atoms with Crippen LogP contribution in [0.15, 0.2) is 12.1 Å². The highest BCUT2D eigenvalue weighted by Crippen LogP contribution is 2.40. The molecule has 0 heterocycles. The van der Waals surface area contributed by atoms with Crippen molar-refractivity contribution < 1.29 is 18.9 Å². The van der Waals surface area contributed by atoms with E-state index in [2.05, 4.69) is 12.6 Å². The van der Waals surface area contributed by atoms with Crippen LogP contribution >= 0.6 is 12.6 Å². The minimum Gasteiger partial charge on any atom is -0.493 e. The van der Waals surface area contributed by atoms with E-state index in [0.29, 0.717) is 23.9 Å². The largest absolute Gasteiger partial charge is 0.493 e. The Balaban J connectivity index is 2.68. The van der Waals surface area contributed by atoms with Gasteiger partial charge in [-0.2, -0.15) is 12.6 Å². The summed E-state index contributed by atoms with van der Waals surface area (Å²) in [4.78, 5) is 0. The number of rotatable bonds is 9. The van der Waals surface area contributed by atoms with Gasteiger partial charge in [0.15, 0.2) is 11.5 Å². The molecule has 0 aliphatic rings. The van der Waals surface area contributed by atoms with Gasteiger partial charge in [-0.15, -0.1) is 0 Å². The predicted molar refractivity (Wildman–Crippen MR) is 79.3 cm³/mol. The molecule has 0 aliphatic carbocycles. The summed E-state index contributed by atoms with van der Waals surface area (Å²) in [6, 6.07) is 3.61. The summed E-state index contributed by atoms with van der Waals surface area (Å²) in [6.45, 7) is 0.673. The molecule has 1 aromatic rings. The molecule has 0 fully saturated rings. The molecule has 0 unspecified atom stereocenters. The average Bonchev–Trinajstić information content (AvgIpc) is 2.45. The summed E-state index contributed by atoms with van der Waals surface area (Å²) in [5, 5.41) is 0.